The number of rotatable bonds is 5. The van der Waals surface area contributed by atoms with E-state index in [1.807, 2.05) is 0 Å². The Hall–Kier alpha value is -0.260. The van der Waals surface area contributed by atoms with Gasteiger partial charge >= 0.3 is 0 Å². The van der Waals surface area contributed by atoms with Gasteiger partial charge in [-0.25, -0.2) is 8.42 Å². The second-order valence-corrected chi connectivity index (χ2v) is 11.9. The van der Waals surface area contributed by atoms with Crippen LogP contribution in [-0.2, 0) is 9.84 Å². The number of halogens is 2. The molecular formula is C10H11BrINO5S. The molecule has 0 aliphatic carbocycles. The summed E-state index contributed by atoms with van der Waals surface area (Å²) < 4.78 is 22.2. The molecule has 2 atom stereocenters. The van der Waals surface area contributed by atoms with Gasteiger partial charge in [-0.3, -0.25) is 10.1 Å². The number of non-ortho nitro benzene ring substituents is 1. The Morgan fingerprint density at radius 3 is 2.63 bits per heavy atom. The lowest BCUT2D eigenvalue weighted by molar-refractivity contribution is -0.385. The van der Waals surface area contributed by atoms with Crippen molar-refractivity contribution in [2.75, 3.05) is 5.75 Å². The molecule has 0 heterocycles. The molecule has 1 aromatic carbocycles. The topological polar surface area (TPSA) is 97.5 Å². The number of nitro benzene ring substituents is 1. The van der Waals surface area contributed by atoms with E-state index in [-0.39, 0.29) is 17.0 Å². The molecule has 1 rings (SSSR count). The van der Waals surface area contributed by atoms with Gasteiger partial charge in [-0.2, -0.15) is 0 Å². The van der Waals surface area contributed by atoms with E-state index >= 15 is 0 Å². The summed E-state index contributed by atoms with van der Waals surface area (Å²) in [6.07, 6.45) is -1.42. The molecule has 1 aromatic rings. The lowest BCUT2D eigenvalue weighted by atomic mass is 10.1. The van der Waals surface area contributed by atoms with Crippen molar-refractivity contribution in [3.63, 3.8) is 0 Å². The van der Waals surface area contributed by atoms with Crippen LogP contribution in [0.15, 0.2) is 24.3 Å². The molecule has 0 unspecified atom stereocenters. The Labute approximate surface area is 132 Å². The second kappa shape index (κ2) is 6.02. The zero-order chi connectivity index (χ0) is 14.8. The number of aliphatic hydroxyl groups is 1. The fourth-order valence-corrected chi connectivity index (χ4v) is 4.47. The number of hydrogen-bond acceptors (Lipinski definition) is 5. The largest absolute Gasteiger partial charge is 0.385 e. The van der Waals surface area contributed by atoms with Crippen molar-refractivity contribution in [2.45, 2.75) is 14.7 Å². The van der Waals surface area contributed by atoms with E-state index < -0.39 is 22.5 Å². The van der Waals surface area contributed by atoms with E-state index in [0.717, 1.165) is 6.07 Å². The van der Waals surface area contributed by atoms with Crippen LogP contribution in [0.2, 0.25) is 0 Å². The van der Waals surface area contributed by atoms with Crippen molar-refractivity contribution in [2.24, 2.45) is 0 Å². The van der Waals surface area contributed by atoms with E-state index in [9.17, 15) is 23.6 Å². The smallest absolute Gasteiger partial charge is 0.269 e. The molecule has 0 saturated heterocycles. The SMILES string of the molecule is CCS(=O)(=O)[C@@](Br)(I)[C@@H](O)c1cccc([N+](=O)[O-])c1. The highest BCUT2D eigenvalue weighted by atomic mass is 127. The van der Waals surface area contributed by atoms with Crippen molar-refractivity contribution >= 4 is 54.0 Å². The number of sulfone groups is 1. The molecule has 19 heavy (non-hydrogen) atoms. The molecule has 1 N–H and O–H groups in total. The molecule has 0 bridgehead atoms. The predicted octanol–water partition coefficient (Wildman–Crippen LogP) is 2.55. The lowest BCUT2D eigenvalue weighted by Gasteiger charge is -2.26. The minimum atomic E-state index is -3.59. The van der Waals surface area contributed by atoms with E-state index in [0.29, 0.717) is 0 Å². The molecule has 0 radical (unpaired) electrons. The summed E-state index contributed by atoms with van der Waals surface area (Å²) in [6, 6.07) is 5.27. The summed E-state index contributed by atoms with van der Waals surface area (Å²) in [7, 11) is -3.59. The average molecular weight is 464 g/mol. The van der Waals surface area contributed by atoms with Gasteiger partial charge in [0.1, 0.15) is 6.10 Å². The third-order valence-corrected chi connectivity index (χ3v) is 8.84. The van der Waals surface area contributed by atoms with Crippen molar-refractivity contribution in [3.05, 3.63) is 39.9 Å². The molecular weight excluding hydrogens is 453 g/mol. The second-order valence-electron chi connectivity index (χ2n) is 3.72. The Kier molecular flexibility index (Phi) is 5.32. The number of alkyl halides is 2. The van der Waals surface area contributed by atoms with Crippen molar-refractivity contribution in [3.8, 4) is 0 Å². The molecule has 0 spiro atoms. The molecule has 0 aliphatic rings. The first kappa shape index (κ1) is 16.8. The minimum Gasteiger partial charge on any atom is -0.385 e. The van der Waals surface area contributed by atoms with Crippen LogP contribution in [0, 0.1) is 10.1 Å². The normalized spacial score (nSPS) is 16.6. The number of hydrogen-bond donors (Lipinski definition) is 1. The van der Waals surface area contributed by atoms with Gasteiger partial charge in [0.25, 0.3) is 5.69 Å². The third kappa shape index (κ3) is 3.44. The van der Waals surface area contributed by atoms with Crippen LogP contribution in [-0.4, -0.2) is 25.9 Å². The number of benzene rings is 1. The van der Waals surface area contributed by atoms with E-state index in [1.165, 1.54) is 25.1 Å². The zero-order valence-electron chi connectivity index (χ0n) is 9.79. The average Bonchev–Trinajstić information content (AvgIpc) is 2.37. The summed E-state index contributed by atoms with van der Waals surface area (Å²) in [5.74, 6) is -0.160. The Bertz CT molecular complexity index is 589. The van der Waals surface area contributed by atoms with E-state index in [1.54, 1.807) is 22.6 Å². The number of aliphatic hydroxyl groups excluding tert-OH is 1. The molecule has 0 aliphatic heterocycles. The van der Waals surface area contributed by atoms with Crippen molar-refractivity contribution in [1.29, 1.82) is 0 Å². The highest BCUT2D eigenvalue weighted by Gasteiger charge is 2.45. The van der Waals surface area contributed by atoms with Gasteiger partial charge in [0.05, 0.1) is 4.92 Å². The summed E-state index contributed by atoms with van der Waals surface area (Å²) in [4.78, 5) is 10.1. The summed E-state index contributed by atoms with van der Waals surface area (Å²) in [5, 5.41) is 20.8. The molecule has 0 saturated carbocycles. The molecule has 9 heteroatoms. The van der Waals surface area contributed by atoms with Crippen LogP contribution < -0.4 is 0 Å². The van der Waals surface area contributed by atoms with Crippen molar-refractivity contribution in [1.82, 2.24) is 0 Å². The standard InChI is InChI=1S/C10H11BrINO5S/c1-2-19(17,18)10(11,12)9(14)7-4-3-5-8(6-7)13(15)16/h3-6,9,14H,2H2,1H3/t9-,10-/m0/s1. The van der Waals surface area contributed by atoms with Gasteiger partial charge < -0.3 is 5.11 Å². The number of nitro groups is 1. The molecule has 0 fully saturated rings. The van der Waals surface area contributed by atoms with Gasteiger partial charge in [-0.15, -0.1) is 0 Å². The quantitative estimate of drug-likeness (QED) is 0.313. The first-order valence-corrected chi connectivity index (χ1v) is 8.68. The lowest BCUT2D eigenvalue weighted by Crippen LogP contribution is -2.33. The van der Waals surface area contributed by atoms with Crippen LogP contribution >= 0.6 is 38.5 Å². The Morgan fingerprint density at radius 1 is 1.58 bits per heavy atom. The zero-order valence-corrected chi connectivity index (χ0v) is 14.3. The summed E-state index contributed by atoms with van der Waals surface area (Å²) in [6.45, 7) is 1.46. The highest BCUT2D eigenvalue weighted by molar-refractivity contribution is 14.1. The van der Waals surface area contributed by atoms with Crippen molar-refractivity contribution < 1.29 is 18.4 Å². The first-order chi connectivity index (χ1) is 8.63. The molecule has 6 nitrogen and oxygen atoms in total. The van der Waals surface area contributed by atoms with Crippen LogP contribution in [0.25, 0.3) is 0 Å². The molecule has 106 valence electrons. The fraction of sp³-hybridized carbons (Fsp3) is 0.400. The predicted molar refractivity (Wildman–Crippen MR) is 83.2 cm³/mol. The summed E-state index contributed by atoms with van der Waals surface area (Å²) in [5.41, 5.74) is -0.0392. The molecule has 0 aromatic heterocycles. The van der Waals surface area contributed by atoms with Crippen LogP contribution in [0.5, 0.6) is 0 Å². The van der Waals surface area contributed by atoms with E-state index in [2.05, 4.69) is 15.9 Å². The Morgan fingerprint density at radius 2 is 2.16 bits per heavy atom. The maximum Gasteiger partial charge on any atom is 0.269 e. The third-order valence-electron chi connectivity index (χ3n) is 2.51. The van der Waals surface area contributed by atoms with E-state index in [4.69, 9.17) is 0 Å². The van der Waals surface area contributed by atoms with Gasteiger partial charge in [0, 0.05) is 17.9 Å². The van der Waals surface area contributed by atoms with Gasteiger partial charge in [0.15, 0.2) is 9.84 Å². The monoisotopic (exact) mass is 463 g/mol. The highest BCUT2D eigenvalue weighted by Crippen LogP contribution is 2.45. The minimum absolute atomic E-state index is 0.160. The van der Waals surface area contributed by atoms with Crippen LogP contribution in [0.4, 0.5) is 5.69 Å². The maximum absolute atomic E-state index is 11.9. The van der Waals surface area contributed by atoms with Gasteiger partial charge in [-0.1, -0.05) is 35.0 Å². The Balaban J connectivity index is 3.24. The molecule has 0 amide bonds. The van der Waals surface area contributed by atoms with Gasteiger partial charge in [-0.05, 0) is 28.2 Å². The number of nitrogens with zero attached hydrogens (tertiary/aromatic N) is 1. The van der Waals surface area contributed by atoms with Crippen LogP contribution in [0.3, 0.4) is 0 Å². The van der Waals surface area contributed by atoms with Gasteiger partial charge in [0.2, 0.25) is 1.66 Å². The summed E-state index contributed by atoms with van der Waals surface area (Å²) >= 11 is 4.59. The maximum atomic E-state index is 11.9. The van der Waals surface area contributed by atoms with Crippen LogP contribution in [0.1, 0.15) is 18.6 Å². The fourth-order valence-electron chi connectivity index (χ4n) is 1.36. The first-order valence-electron chi connectivity index (χ1n) is 5.16.